The van der Waals surface area contributed by atoms with Gasteiger partial charge in [0.25, 0.3) is 5.91 Å². The van der Waals surface area contributed by atoms with Crippen LogP contribution in [0.2, 0.25) is 5.02 Å². The molecule has 1 heterocycles. The highest BCUT2D eigenvalue weighted by Crippen LogP contribution is 2.31. The number of halogens is 2. The molecule has 5 nitrogen and oxygen atoms in total. The van der Waals surface area contributed by atoms with Gasteiger partial charge in [0.1, 0.15) is 17.9 Å². The molecular weight excluding hydrogens is 453 g/mol. The SMILES string of the molecule is CCN(CC)CCOc1ccccc1C=C1C(=O)NC(=S)N(c2ccc(Cl)cc2)C1Cl. The van der Waals surface area contributed by atoms with Crippen molar-refractivity contribution >= 4 is 58.2 Å². The molecular formula is C23H25Cl2N3O2S. The predicted molar refractivity (Wildman–Crippen MR) is 132 cm³/mol. The molecule has 3 rings (SSSR count). The van der Waals surface area contributed by atoms with Crippen LogP contribution in [0.3, 0.4) is 0 Å². The van der Waals surface area contributed by atoms with Gasteiger partial charge in [-0.05, 0) is 61.7 Å². The Morgan fingerprint density at radius 3 is 2.52 bits per heavy atom. The molecule has 0 saturated carbocycles. The van der Waals surface area contributed by atoms with Gasteiger partial charge in [0.15, 0.2) is 5.11 Å². The summed E-state index contributed by atoms with van der Waals surface area (Å²) in [7, 11) is 0. The van der Waals surface area contributed by atoms with E-state index < -0.39 is 5.50 Å². The fourth-order valence-corrected chi connectivity index (χ4v) is 4.15. The van der Waals surface area contributed by atoms with E-state index in [9.17, 15) is 4.79 Å². The second-order valence-electron chi connectivity index (χ2n) is 6.95. The quantitative estimate of drug-likeness (QED) is 0.252. The maximum atomic E-state index is 12.7. The summed E-state index contributed by atoms with van der Waals surface area (Å²) in [5, 5.41) is 3.57. The zero-order chi connectivity index (χ0) is 22.4. The lowest BCUT2D eigenvalue weighted by Crippen LogP contribution is -2.54. The van der Waals surface area contributed by atoms with E-state index in [1.54, 1.807) is 23.1 Å². The Morgan fingerprint density at radius 2 is 1.84 bits per heavy atom. The highest BCUT2D eigenvalue weighted by atomic mass is 35.5. The van der Waals surface area contributed by atoms with Gasteiger partial charge >= 0.3 is 0 Å². The van der Waals surface area contributed by atoms with E-state index in [0.717, 1.165) is 30.9 Å². The molecule has 1 saturated heterocycles. The number of hydrogen-bond acceptors (Lipinski definition) is 4. The highest BCUT2D eigenvalue weighted by molar-refractivity contribution is 7.80. The number of ether oxygens (including phenoxy) is 1. The van der Waals surface area contributed by atoms with E-state index in [4.69, 9.17) is 40.2 Å². The number of rotatable bonds is 8. The molecule has 31 heavy (non-hydrogen) atoms. The third-order valence-corrected chi connectivity index (χ3v) is 6.06. The predicted octanol–water partition coefficient (Wildman–Crippen LogP) is 4.93. The number of thiocarbonyl (C=S) groups is 1. The summed E-state index contributed by atoms with van der Waals surface area (Å²) in [6, 6.07) is 14.7. The van der Waals surface area contributed by atoms with E-state index in [2.05, 4.69) is 24.1 Å². The molecule has 164 valence electrons. The minimum atomic E-state index is -0.772. The van der Waals surface area contributed by atoms with Gasteiger partial charge in [-0.25, -0.2) is 0 Å². The van der Waals surface area contributed by atoms with E-state index in [-0.39, 0.29) is 11.0 Å². The van der Waals surface area contributed by atoms with Crippen LogP contribution in [0.25, 0.3) is 6.08 Å². The van der Waals surface area contributed by atoms with Gasteiger partial charge < -0.3 is 9.64 Å². The highest BCUT2D eigenvalue weighted by Gasteiger charge is 2.34. The molecule has 1 fully saturated rings. The normalized spacial score (nSPS) is 17.9. The molecule has 0 radical (unpaired) electrons. The van der Waals surface area contributed by atoms with Crippen molar-refractivity contribution in [2.45, 2.75) is 19.3 Å². The average Bonchev–Trinajstić information content (AvgIpc) is 2.76. The molecule has 1 aliphatic heterocycles. The summed E-state index contributed by atoms with van der Waals surface area (Å²) in [6.45, 7) is 7.58. The first-order chi connectivity index (χ1) is 14.9. The van der Waals surface area contributed by atoms with Crippen molar-refractivity contribution in [3.63, 3.8) is 0 Å². The lowest BCUT2D eigenvalue weighted by atomic mass is 10.1. The van der Waals surface area contributed by atoms with Crippen molar-refractivity contribution in [1.82, 2.24) is 10.2 Å². The minimum absolute atomic E-state index is 0.244. The van der Waals surface area contributed by atoms with E-state index in [0.29, 0.717) is 23.0 Å². The van der Waals surface area contributed by atoms with E-state index in [1.165, 1.54) is 0 Å². The Balaban J connectivity index is 1.85. The fraction of sp³-hybridized carbons (Fsp3) is 0.304. The fourth-order valence-electron chi connectivity index (χ4n) is 3.29. The molecule has 1 amide bonds. The van der Waals surface area contributed by atoms with Crippen LogP contribution >= 0.6 is 35.4 Å². The largest absolute Gasteiger partial charge is 0.492 e. The van der Waals surface area contributed by atoms with Crippen LogP contribution < -0.4 is 15.0 Å². The molecule has 0 spiro atoms. The number of alkyl halides is 1. The van der Waals surface area contributed by atoms with Gasteiger partial charge in [-0.1, -0.05) is 55.2 Å². The van der Waals surface area contributed by atoms with Crippen molar-refractivity contribution < 1.29 is 9.53 Å². The second-order valence-corrected chi connectivity index (χ2v) is 8.19. The van der Waals surface area contributed by atoms with Crippen LogP contribution in [0.1, 0.15) is 19.4 Å². The third-order valence-electron chi connectivity index (χ3n) is 5.08. The molecule has 8 heteroatoms. The van der Waals surface area contributed by atoms with Crippen LogP contribution in [0.5, 0.6) is 5.75 Å². The zero-order valence-electron chi connectivity index (χ0n) is 17.5. The molecule has 0 aromatic heterocycles. The third kappa shape index (κ3) is 5.77. The van der Waals surface area contributed by atoms with Gasteiger partial charge in [-0.2, -0.15) is 0 Å². The number of nitrogens with zero attached hydrogens (tertiary/aromatic N) is 2. The molecule has 1 unspecified atom stereocenters. The summed E-state index contributed by atoms with van der Waals surface area (Å²) in [5.41, 5.74) is 1.13. The van der Waals surface area contributed by atoms with Crippen LogP contribution in [0.15, 0.2) is 54.1 Å². The monoisotopic (exact) mass is 477 g/mol. The van der Waals surface area contributed by atoms with E-state index in [1.807, 2.05) is 36.4 Å². The molecule has 1 N–H and O–H groups in total. The van der Waals surface area contributed by atoms with Crippen molar-refractivity contribution in [2.75, 3.05) is 31.1 Å². The lowest BCUT2D eigenvalue weighted by Gasteiger charge is -2.35. The van der Waals surface area contributed by atoms with Crippen molar-refractivity contribution in [3.8, 4) is 5.75 Å². The maximum absolute atomic E-state index is 12.7. The Bertz CT molecular complexity index is 962. The number of carbonyl (C=O) groups is 1. The number of hydrogen-bond donors (Lipinski definition) is 1. The number of likely N-dealkylation sites (N-methyl/N-ethyl adjacent to an activating group) is 1. The van der Waals surface area contributed by atoms with Crippen molar-refractivity contribution in [1.29, 1.82) is 0 Å². The van der Waals surface area contributed by atoms with Crippen LogP contribution in [0.4, 0.5) is 5.69 Å². The van der Waals surface area contributed by atoms with Crippen LogP contribution in [-0.4, -0.2) is 47.7 Å². The zero-order valence-corrected chi connectivity index (χ0v) is 19.8. The molecule has 2 aromatic carbocycles. The number of benzene rings is 2. The molecule has 1 atom stereocenters. The minimum Gasteiger partial charge on any atom is -0.492 e. The average molecular weight is 478 g/mol. The number of para-hydroxylation sites is 1. The Hall–Kier alpha value is -2.12. The van der Waals surface area contributed by atoms with Gasteiger partial charge in [0, 0.05) is 22.8 Å². The summed E-state index contributed by atoms with van der Waals surface area (Å²) in [4.78, 5) is 16.7. The number of amides is 1. The van der Waals surface area contributed by atoms with Gasteiger partial charge in [0.2, 0.25) is 0 Å². The van der Waals surface area contributed by atoms with Gasteiger partial charge in [-0.15, -0.1) is 0 Å². The first-order valence-corrected chi connectivity index (χ1v) is 11.4. The summed E-state index contributed by atoms with van der Waals surface area (Å²) >= 11 is 18.1. The lowest BCUT2D eigenvalue weighted by molar-refractivity contribution is -0.116. The molecule has 0 aliphatic carbocycles. The Kier molecular flexibility index (Phi) is 8.32. The molecule has 1 aliphatic rings. The second kappa shape index (κ2) is 11.0. The Morgan fingerprint density at radius 1 is 1.16 bits per heavy atom. The van der Waals surface area contributed by atoms with Crippen LogP contribution in [-0.2, 0) is 4.79 Å². The van der Waals surface area contributed by atoms with Crippen molar-refractivity contribution in [2.24, 2.45) is 0 Å². The first-order valence-electron chi connectivity index (χ1n) is 10.1. The summed E-state index contributed by atoms with van der Waals surface area (Å²) in [5.74, 6) is 0.373. The van der Waals surface area contributed by atoms with Crippen LogP contribution in [0, 0.1) is 0 Å². The number of carbonyl (C=O) groups excluding carboxylic acids is 1. The standard InChI is InChI=1S/C23H25Cl2N3O2S/c1-3-27(4-2)13-14-30-20-8-6-5-7-16(20)15-19-21(25)28(23(31)26-22(19)29)18-11-9-17(24)10-12-18/h5-12,15,21H,3-4,13-14H2,1-2H3,(H,26,29,31). The first kappa shape index (κ1) is 23.5. The molecule has 2 aromatic rings. The summed E-state index contributed by atoms with van der Waals surface area (Å²) < 4.78 is 6.01. The van der Waals surface area contributed by atoms with Gasteiger partial charge in [-0.3, -0.25) is 15.0 Å². The summed E-state index contributed by atoms with van der Waals surface area (Å²) in [6.07, 6.45) is 1.75. The van der Waals surface area contributed by atoms with Gasteiger partial charge in [0.05, 0.1) is 5.57 Å². The smallest absolute Gasteiger partial charge is 0.256 e. The topological polar surface area (TPSA) is 44.8 Å². The number of nitrogens with one attached hydrogen (secondary N) is 1. The molecule has 0 bridgehead atoms. The van der Waals surface area contributed by atoms with Crippen molar-refractivity contribution in [3.05, 3.63) is 64.7 Å². The number of anilines is 1. The Labute approximate surface area is 198 Å². The van der Waals surface area contributed by atoms with E-state index >= 15 is 0 Å². The maximum Gasteiger partial charge on any atom is 0.256 e.